The van der Waals surface area contributed by atoms with E-state index in [0.29, 0.717) is 5.69 Å². The second-order valence-electron chi connectivity index (χ2n) is 3.23. The molecular formula is C11H11N3O3. The lowest BCUT2D eigenvalue weighted by Crippen LogP contribution is -2.31. The molecule has 2 N–H and O–H groups in total. The Morgan fingerprint density at radius 2 is 2.29 bits per heavy atom. The molecule has 0 aliphatic rings. The second kappa shape index (κ2) is 5.51. The molecule has 2 amide bonds. The highest BCUT2D eigenvalue weighted by Gasteiger charge is 2.08. The van der Waals surface area contributed by atoms with E-state index >= 15 is 0 Å². The lowest BCUT2D eigenvalue weighted by molar-refractivity contribution is 0.0690. The first-order valence-electron chi connectivity index (χ1n) is 4.69. The van der Waals surface area contributed by atoms with E-state index in [4.69, 9.17) is 11.5 Å². The standard InChI is InChI=1S/C11H11N3O3/c1-3-6-14(2)11(17)13-8-4-5-9(10(15)16)12-7-8/h1,4-5,7H,6H2,2H3,(H,13,17)(H,15,16). The third-order valence-electron chi connectivity index (χ3n) is 1.91. The molecule has 0 bridgehead atoms. The van der Waals surface area contributed by atoms with Gasteiger partial charge in [-0.3, -0.25) is 0 Å². The van der Waals surface area contributed by atoms with E-state index in [9.17, 15) is 9.59 Å². The summed E-state index contributed by atoms with van der Waals surface area (Å²) in [5.74, 6) is 1.21. The number of anilines is 1. The van der Waals surface area contributed by atoms with Crippen molar-refractivity contribution in [3.05, 3.63) is 24.0 Å². The second-order valence-corrected chi connectivity index (χ2v) is 3.23. The number of carboxylic acid groups (broad SMARTS) is 1. The summed E-state index contributed by atoms with van der Waals surface area (Å²) in [5, 5.41) is 11.2. The van der Waals surface area contributed by atoms with Crippen molar-refractivity contribution >= 4 is 17.7 Å². The van der Waals surface area contributed by atoms with Gasteiger partial charge in [0.05, 0.1) is 18.4 Å². The van der Waals surface area contributed by atoms with Gasteiger partial charge in [-0.2, -0.15) is 0 Å². The molecule has 0 unspecified atom stereocenters. The van der Waals surface area contributed by atoms with Crippen LogP contribution in [-0.2, 0) is 0 Å². The number of terminal acetylenes is 1. The monoisotopic (exact) mass is 233 g/mol. The Balaban J connectivity index is 2.67. The van der Waals surface area contributed by atoms with Crippen LogP contribution >= 0.6 is 0 Å². The summed E-state index contributed by atoms with van der Waals surface area (Å²) in [7, 11) is 1.55. The summed E-state index contributed by atoms with van der Waals surface area (Å²) in [6, 6.07) is 2.38. The third-order valence-corrected chi connectivity index (χ3v) is 1.91. The van der Waals surface area contributed by atoms with Gasteiger partial charge in [0.1, 0.15) is 5.69 Å². The van der Waals surface area contributed by atoms with Gasteiger partial charge in [0, 0.05) is 7.05 Å². The Kier molecular flexibility index (Phi) is 4.06. The fraction of sp³-hybridized carbons (Fsp3) is 0.182. The molecule has 17 heavy (non-hydrogen) atoms. The molecule has 0 saturated heterocycles. The van der Waals surface area contributed by atoms with E-state index in [2.05, 4.69) is 16.2 Å². The number of amides is 2. The Morgan fingerprint density at radius 3 is 2.76 bits per heavy atom. The van der Waals surface area contributed by atoms with E-state index in [0.717, 1.165) is 0 Å². The molecule has 88 valence electrons. The van der Waals surface area contributed by atoms with Crippen LogP contribution in [-0.4, -0.2) is 40.6 Å². The zero-order chi connectivity index (χ0) is 12.8. The molecular weight excluding hydrogens is 222 g/mol. The molecule has 0 radical (unpaired) electrons. The van der Waals surface area contributed by atoms with Crippen LogP contribution in [0.25, 0.3) is 0 Å². The van der Waals surface area contributed by atoms with Crippen LogP contribution in [0.3, 0.4) is 0 Å². The molecule has 0 atom stereocenters. The molecule has 6 heteroatoms. The number of aromatic carboxylic acids is 1. The summed E-state index contributed by atoms with van der Waals surface area (Å²) in [5.41, 5.74) is 0.323. The smallest absolute Gasteiger partial charge is 0.354 e. The zero-order valence-corrected chi connectivity index (χ0v) is 9.17. The minimum atomic E-state index is -1.12. The maximum absolute atomic E-state index is 11.5. The molecule has 0 aliphatic heterocycles. The van der Waals surface area contributed by atoms with Crippen molar-refractivity contribution in [3.63, 3.8) is 0 Å². The minimum absolute atomic E-state index is 0.0834. The van der Waals surface area contributed by atoms with E-state index in [1.54, 1.807) is 7.05 Å². The van der Waals surface area contributed by atoms with Crippen LogP contribution in [0.4, 0.5) is 10.5 Å². The van der Waals surface area contributed by atoms with Crippen LogP contribution in [0, 0.1) is 12.3 Å². The molecule has 0 saturated carbocycles. The van der Waals surface area contributed by atoms with E-state index in [-0.39, 0.29) is 18.3 Å². The lowest BCUT2D eigenvalue weighted by Gasteiger charge is -2.14. The van der Waals surface area contributed by atoms with Gasteiger partial charge in [-0.1, -0.05) is 5.92 Å². The van der Waals surface area contributed by atoms with Crippen LogP contribution in [0.15, 0.2) is 18.3 Å². The summed E-state index contributed by atoms with van der Waals surface area (Å²) < 4.78 is 0. The number of urea groups is 1. The molecule has 1 rings (SSSR count). The fourth-order valence-electron chi connectivity index (χ4n) is 1.02. The van der Waals surface area contributed by atoms with Gasteiger partial charge in [0.2, 0.25) is 0 Å². The van der Waals surface area contributed by atoms with E-state index < -0.39 is 5.97 Å². The predicted octanol–water partition coefficient (Wildman–Crippen LogP) is 0.877. The van der Waals surface area contributed by atoms with Crippen LogP contribution < -0.4 is 5.32 Å². The molecule has 1 aromatic heterocycles. The van der Waals surface area contributed by atoms with Gasteiger partial charge in [0.15, 0.2) is 0 Å². The highest BCUT2D eigenvalue weighted by Crippen LogP contribution is 2.06. The van der Waals surface area contributed by atoms with Crippen molar-refractivity contribution in [2.45, 2.75) is 0 Å². The van der Waals surface area contributed by atoms with Gasteiger partial charge < -0.3 is 15.3 Å². The highest BCUT2D eigenvalue weighted by atomic mass is 16.4. The van der Waals surface area contributed by atoms with Crippen molar-refractivity contribution in [2.24, 2.45) is 0 Å². The number of rotatable bonds is 3. The molecule has 0 fully saturated rings. The topological polar surface area (TPSA) is 82.5 Å². The van der Waals surface area contributed by atoms with Crippen LogP contribution in [0.5, 0.6) is 0 Å². The van der Waals surface area contributed by atoms with Gasteiger partial charge >= 0.3 is 12.0 Å². The number of hydrogen-bond acceptors (Lipinski definition) is 3. The molecule has 0 aromatic carbocycles. The molecule has 0 spiro atoms. The van der Waals surface area contributed by atoms with Gasteiger partial charge in [-0.15, -0.1) is 6.42 Å². The van der Waals surface area contributed by atoms with Crippen molar-refractivity contribution < 1.29 is 14.7 Å². The Hall–Kier alpha value is -2.55. The SMILES string of the molecule is C#CCN(C)C(=O)Nc1ccc(C(=O)O)nc1. The van der Waals surface area contributed by atoms with Crippen LogP contribution in [0.1, 0.15) is 10.5 Å². The van der Waals surface area contributed by atoms with Gasteiger partial charge in [-0.05, 0) is 12.1 Å². The van der Waals surface area contributed by atoms with Crippen molar-refractivity contribution in [2.75, 3.05) is 18.9 Å². The zero-order valence-electron chi connectivity index (χ0n) is 9.17. The number of carboxylic acids is 1. The van der Waals surface area contributed by atoms with Crippen molar-refractivity contribution in [3.8, 4) is 12.3 Å². The summed E-state index contributed by atoms with van der Waals surface area (Å²) in [6.45, 7) is 0.187. The lowest BCUT2D eigenvalue weighted by atomic mass is 10.3. The van der Waals surface area contributed by atoms with E-state index in [1.807, 2.05) is 0 Å². The maximum Gasteiger partial charge on any atom is 0.354 e. The molecule has 1 heterocycles. The van der Waals surface area contributed by atoms with Gasteiger partial charge in [-0.25, -0.2) is 14.6 Å². The average Bonchev–Trinajstić information content (AvgIpc) is 2.30. The van der Waals surface area contributed by atoms with Crippen molar-refractivity contribution in [1.29, 1.82) is 0 Å². The first-order valence-corrected chi connectivity index (χ1v) is 4.69. The Labute approximate surface area is 98.3 Å². The third kappa shape index (κ3) is 3.50. The Morgan fingerprint density at radius 1 is 1.59 bits per heavy atom. The first kappa shape index (κ1) is 12.5. The predicted molar refractivity (Wildman–Crippen MR) is 61.7 cm³/mol. The Bertz CT molecular complexity index is 462. The number of aromatic nitrogens is 1. The molecule has 1 aromatic rings. The average molecular weight is 233 g/mol. The number of nitrogens with one attached hydrogen (secondary N) is 1. The summed E-state index contributed by atoms with van der Waals surface area (Å²) >= 11 is 0. The minimum Gasteiger partial charge on any atom is -0.477 e. The number of carbonyl (C=O) groups is 2. The number of nitrogens with zero attached hydrogens (tertiary/aromatic N) is 2. The first-order chi connectivity index (χ1) is 8.04. The van der Waals surface area contributed by atoms with Crippen molar-refractivity contribution in [1.82, 2.24) is 9.88 Å². The van der Waals surface area contributed by atoms with E-state index in [1.165, 1.54) is 23.2 Å². The molecule has 6 nitrogen and oxygen atoms in total. The molecule has 0 aliphatic carbocycles. The number of pyridine rings is 1. The maximum atomic E-state index is 11.5. The normalized spacial score (nSPS) is 9.18. The van der Waals surface area contributed by atoms with Gasteiger partial charge in [0.25, 0.3) is 0 Å². The number of carbonyl (C=O) groups excluding carboxylic acids is 1. The summed E-state index contributed by atoms with van der Waals surface area (Å²) in [4.78, 5) is 27.0. The largest absolute Gasteiger partial charge is 0.477 e. The highest BCUT2D eigenvalue weighted by molar-refractivity contribution is 5.90. The summed E-state index contributed by atoms with van der Waals surface area (Å²) in [6.07, 6.45) is 6.33. The number of hydrogen-bond donors (Lipinski definition) is 2. The quantitative estimate of drug-likeness (QED) is 0.759. The fourth-order valence-corrected chi connectivity index (χ4v) is 1.02. The van der Waals surface area contributed by atoms with Crippen LogP contribution in [0.2, 0.25) is 0 Å².